The number of rotatable bonds is 4. The van der Waals surface area contributed by atoms with Crippen LogP contribution in [0.5, 0.6) is 0 Å². The van der Waals surface area contributed by atoms with E-state index in [1.165, 1.54) is 6.33 Å². The highest BCUT2D eigenvalue weighted by Crippen LogP contribution is 2.38. The van der Waals surface area contributed by atoms with Crippen molar-refractivity contribution in [3.63, 3.8) is 0 Å². The fourth-order valence-corrected chi connectivity index (χ4v) is 3.70. The van der Waals surface area contributed by atoms with Crippen molar-refractivity contribution in [3.8, 4) is 6.07 Å². The number of likely N-dealkylation sites (tertiary alicyclic amines) is 1. The second-order valence-corrected chi connectivity index (χ2v) is 6.06. The van der Waals surface area contributed by atoms with Gasteiger partial charge in [0.15, 0.2) is 0 Å². The standard InChI is InChI=1S/C15H22FN5O/c16-6-8-21-14(18-12-19-21)11-20-7-3-5-15(13(20)10-17)4-1-2-9-22-15/h12-13H,1-9,11H2/t13-,15-/m0/s1. The largest absolute Gasteiger partial charge is 0.372 e. The molecule has 0 amide bonds. The van der Waals surface area contributed by atoms with E-state index in [0.717, 1.165) is 45.3 Å². The highest BCUT2D eigenvalue weighted by molar-refractivity contribution is 5.10. The summed E-state index contributed by atoms with van der Waals surface area (Å²) in [6.07, 6.45) is 6.53. The van der Waals surface area contributed by atoms with Gasteiger partial charge in [0.2, 0.25) is 0 Å². The summed E-state index contributed by atoms with van der Waals surface area (Å²) in [7, 11) is 0. The van der Waals surface area contributed by atoms with Crippen LogP contribution in [-0.4, -0.2) is 51.1 Å². The van der Waals surface area contributed by atoms with Crippen LogP contribution < -0.4 is 0 Å². The quantitative estimate of drug-likeness (QED) is 0.846. The Morgan fingerprint density at radius 3 is 3.00 bits per heavy atom. The van der Waals surface area contributed by atoms with Crippen molar-refractivity contribution < 1.29 is 9.13 Å². The third kappa shape index (κ3) is 2.85. The number of halogens is 1. The minimum absolute atomic E-state index is 0.210. The maximum absolute atomic E-state index is 12.6. The van der Waals surface area contributed by atoms with Crippen LogP contribution in [0.25, 0.3) is 0 Å². The van der Waals surface area contributed by atoms with Crippen LogP contribution in [-0.2, 0) is 17.8 Å². The van der Waals surface area contributed by atoms with Gasteiger partial charge in [-0.3, -0.25) is 4.90 Å². The molecule has 0 unspecified atom stereocenters. The fourth-order valence-electron chi connectivity index (χ4n) is 3.70. The number of hydrogen-bond acceptors (Lipinski definition) is 5. The van der Waals surface area contributed by atoms with Gasteiger partial charge in [-0.1, -0.05) is 0 Å². The molecule has 2 saturated heterocycles. The minimum atomic E-state index is -0.467. The molecule has 0 saturated carbocycles. The number of nitrogens with zero attached hydrogens (tertiary/aromatic N) is 5. The predicted octanol–water partition coefficient (Wildman–Crippen LogP) is 1.67. The highest BCUT2D eigenvalue weighted by Gasteiger charge is 2.47. The third-order valence-corrected chi connectivity index (χ3v) is 4.75. The molecule has 1 aromatic heterocycles. The summed E-state index contributed by atoms with van der Waals surface area (Å²) in [5.74, 6) is 0.714. The molecule has 0 aliphatic carbocycles. The zero-order valence-corrected chi connectivity index (χ0v) is 12.7. The number of ether oxygens (including phenoxy) is 1. The first-order valence-corrected chi connectivity index (χ1v) is 7.99. The summed E-state index contributed by atoms with van der Waals surface area (Å²) in [4.78, 5) is 6.34. The van der Waals surface area contributed by atoms with Gasteiger partial charge in [0.05, 0.1) is 24.8 Å². The van der Waals surface area contributed by atoms with E-state index in [2.05, 4.69) is 21.1 Å². The molecule has 2 atom stereocenters. The Labute approximate surface area is 129 Å². The summed E-state index contributed by atoms with van der Waals surface area (Å²) in [5.41, 5.74) is -0.337. The fraction of sp³-hybridized carbons (Fsp3) is 0.800. The van der Waals surface area contributed by atoms with E-state index < -0.39 is 6.67 Å². The van der Waals surface area contributed by atoms with Crippen LogP contribution in [0, 0.1) is 11.3 Å². The second-order valence-electron chi connectivity index (χ2n) is 6.06. The smallest absolute Gasteiger partial charge is 0.141 e. The zero-order chi connectivity index (χ0) is 15.4. The molecule has 6 nitrogen and oxygen atoms in total. The van der Waals surface area contributed by atoms with Crippen molar-refractivity contribution in [1.82, 2.24) is 19.7 Å². The van der Waals surface area contributed by atoms with Crippen LogP contribution in [0.4, 0.5) is 4.39 Å². The van der Waals surface area contributed by atoms with E-state index in [0.29, 0.717) is 12.4 Å². The van der Waals surface area contributed by atoms with Gasteiger partial charge in [0, 0.05) is 13.2 Å². The number of hydrogen-bond donors (Lipinski definition) is 0. The number of aryl methyl sites for hydroxylation is 1. The van der Waals surface area contributed by atoms with Crippen LogP contribution in [0.15, 0.2) is 6.33 Å². The summed E-state index contributed by atoms with van der Waals surface area (Å²) < 4.78 is 20.2. The summed E-state index contributed by atoms with van der Waals surface area (Å²) >= 11 is 0. The molecule has 2 aliphatic rings. The van der Waals surface area contributed by atoms with Gasteiger partial charge in [-0.25, -0.2) is 14.1 Å². The van der Waals surface area contributed by atoms with Gasteiger partial charge < -0.3 is 4.74 Å². The normalized spacial score (nSPS) is 29.5. The average molecular weight is 307 g/mol. The van der Waals surface area contributed by atoms with Gasteiger partial charge in [-0.15, -0.1) is 0 Å². The molecule has 0 aromatic carbocycles. The van der Waals surface area contributed by atoms with Gasteiger partial charge >= 0.3 is 0 Å². The molecule has 0 N–H and O–H groups in total. The number of piperidine rings is 1. The topological polar surface area (TPSA) is 67.0 Å². The van der Waals surface area contributed by atoms with Gasteiger partial charge in [-0.05, 0) is 32.1 Å². The Morgan fingerprint density at radius 2 is 2.27 bits per heavy atom. The molecule has 1 spiro atoms. The molecular weight excluding hydrogens is 285 g/mol. The van der Waals surface area contributed by atoms with E-state index in [1.54, 1.807) is 4.68 Å². The Kier molecular flexibility index (Phi) is 4.69. The van der Waals surface area contributed by atoms with Crippen LogP contribution >= 0.6 is 0 Å². The Hall–Kier alpha value is -1.52. The van der Waals surface area contributed by atoms with E-state index >= 15 is 0 Å². The lowest BCUT2D eigenvalue weighted by Crippen LogP contribution is -2.58. The van der Waals surface area contributed by atoms with Crippen molar-refractivity contribution in [2.24, 2.45) is 0 Å². The van der Waals surface area contributed by atoms with Crippen molar-refractivity contribution >= 4 is 0 Å². The summed E-state index contributed by atoms with van der Waals surface area (Å²) in [6, 6.07) is 2.18. The molecule has 1 aromatic rings. The monoisotopic (exact) mass is 307 g/mol. The molecular formula is C15H22FN5O. The van der Waals surface area contributed by atoms with Gasteiger partial charge in [-0.2, -0.15) is 10.4 Å². The minimum Gasteiger partial charge on any atom is -0.372 e. The molecule has 0 radical (unpaired) electrons. The third-order valence-electron chi connectivity index (χ3n) is 4.75. The Balaban J connectivity index is 1.77. The Bertz CT molecular complexity index is 529. The SMILES string of the molecule is N#C[C@@H]1N(Cc2ncnn2CCF)CCC[C@@]12CCCCO2. The summed E-state index contributed by atoms with van der Waals surface area (Å²) in [5, 5.41) is 13.8. The van der Waals surface area contributed by atoms with Crippen LogP contribution in [0.2, 0.25) is 0 Å². The zero-order valence-electron chi connectivity index (χ0n) is 12.7. The molecule has 22 heavy (non-hydrogen) atoms. The lowest BCUT2D eigenvalue weighted by atomic mass is 9.79. The van der Waals surface area contributed by atoms with Crippen LogP contribution in [0.3, 0.4) is 0 Å². The highest BCUT2D eigenvalue weighted by atomic mass is 19.1. The van der Waals surface area contributed by atoms with Gasteiger partial charge in [0.1, 0.15) is 24.9 Å². The molecule has 2 fully saturated rings. The maximum atomic E-state index is 12.6. The van der Waals surface area contributed by atoms with Crippen LogP contribution in [0.1, 0.15) is 37.9 Å². The van der Waals surface area contributed by atoms with E-state index in [1.807, 2.05) is 0 Å². The molecule has 3 rings (SSSR count). The van der Waals surface area contributed by atoms with Crippen molar-refractivity contribution in [2.75, 3.05) is 19.8 Å². The number of alkyl halides is 1. The Morgan fingerprint density at radius 1 is 1.41 bits per heavy atom. The first-order chi connectivity index (χ1) is 10.8. The second kappa shape index (κ2) is 6.71. The molecule has 120 valence electrons. The summed E-state index contributed by atoms with van der Waals surface area (Å²) in [6.45, 7) is 1.84. The van der Waals surface area contributed by atoms with Crippen molar-refractivity contribution in [1.29, 1.82) is 5.26 Å². The first kappa shape index (κ1) is 15.4. The lowest BCUT2D eigenvalue weighted by molar-refractivity contribution is -0.138. The maximum Gasteiger partial charge on any atom is 0.141 e. The van der Waals surface area contributed by atoms with E-state index in [4.69, 9.17) is 4.74 Å². The van der Waals surface area contributed by atoms with Gasteiger partial charge in [0.25, 0.3) is 0 Å². The molecule has 0 bridgehead atoms. The predicted molar refractivity (Wildman–Crippen MR) is 77.6 cm³/mol. The molecule has 2 aliphatic heterocycles. The van der Waals surface area contributed by atoms with E-state index in [-0.39, 0.29) is 18.2 Å². The van der Waals surface area contributed by atoms with Crippen molar-refractivity contribution in [3.05, 3.63) is 12.2 Å². The first-order valence-electron chi connectivity index (χ1n) is 7.99. The number of aromatic nitrogens is 3. The van der Waals surface area contributed by atoms with Crippen molar-refractivity contribution in [2.45, 2.75) is 56.8 Å². The number of nitriles is 1. The lowest BCUT2D eigenvalue weighted by Gasteiger charge is -2.48. The average Bonchev–Trinajstić information content (AvgIpc) is 2.96. The van der Waals surface area contributed by atoms with E-state index in [9.17, 15) is 9.65 Å². The molecule has 3 heterocycles. The molecule has 7 heteroatoms.